The number of halogens is 1. The summed E-state index contributed by atoms with van der Waals surface area (Å²) in [5.41, 5.74) is 2.56. The maximum Gasteiger partial charge on any atom is 0.223 e. The van der Waals surface area contributed by atoms with E-state index < -0.39 is 0 Å². The number of nitrogens with zero attached hydrogens (tertiary/aromatic N) is 2. The minimum atomic E-state index is -0.299. The van der Waals surface area contributed by atoms with Crippen molar-refractivity contribution in [2.24, 2.45) is 10.6 Å². The molecule has 0 bridgehead atoms. The molecule has 4 nitrogen and oxygen atoms in total. The minimum absolute atomic E-state index is 0.0357. The Labute approximate surface area is 166 Å². The molecule has 1 aliphatic heterocycles. The Morgan fingerprint density at radius 2 is 1.93 bits per heavy atom. The van der Waals surface area contributed by atoms with Gasteiger partial charge in [0.2, 0.25) is 5.91 Å². The highest BCUT2D eigenvalue weighted by molar-refractivity contribution is 6.01. The first-order valence-corrected chi connectivity index (χ1v) is 9.60. The SMILES string of the molecule is CC(C)(C)CC(=O)N(Cc1cccc(F)c1)CC1CC(c2ccccc2)=NO1. The van der Waals surface area contributed by atoms with Gasteiger partial charge in [-0.2, -0.15) is 0 Å². The molecule has 2 aromatic carbocycles. The third-order valence-electron chi connectivity index (χ3n) is 4.56. The first-order valence-electron chi connectivity index (χ1n) is 9.60. The lowest BCUT2D eigenvalue weighted by Crippen LogP contribution is -2.38. The Morgan fingerprint density at radius 1 is 1.18 bits per heavy atom. The van der Waals surface area contributed by atoms with Crippen LogP contribution >= 0.6 is 0 Å². The van der Waals surface area contributed by atoms with Crippen LogP contribution in [0, 0.1) is 11.2 Å². The molecule has 0 aromatic heterocycles. The van der Waals surface area contributed by atoms with Crippen molar-refractivity contribution < 1.29 is 14.0 Å². The van der Waals surface area contributed by atoms with Crippen LogP contribution < -0.4 is 0 Å². The van der Waals surface area contributed by atoms with E-state index in [4.69, 9.17) is 4.84 Å². The number of hydrogen-bond donors (Lipinski definition) is 0. The van der Waals surface area contributed by atoms with Gasteiger partial charge >= 0.3 is 0 Å². The minimum Gasteiger partial charge on any atom is -0.390 e. The Bertz CT molecular complexity index is 843. The lowest BCUT2D eigenvalue weighted by Gasteiger charge is -2.28. The number of hydrogen-bond acceptors (Lipinski definition) is 3. The zero-order valence-corrected chi connectivity index (χ0v) is 16.7. The summed E-state index contributed by atoms with van der Waals surface area (Å²) < 4.78 is 13.6. The fraction of sp³-hybridized carbons (Fsp3) is 0.391. The summed E-state index contributed by atoms with van der Waals surface area (Å²) in [5, 5.41) is 4.21. The number of carbonyl (C=O) groups is 1. The fourth-order valence-electron chi connectivity index (χ4n) is 3.25. The van der Waals surface area contributed by atoms with Crippen molar-refractivity contribution in [2.45, 2.75) is 46.3 Å². The van der Waals surface area contributed by atoms with Crippen molar-refractivity contribution in [1.82, 2.24) is 4.90 Å². The molecule has 5 heteroatoms. The molecule has 28 heavy (non-hydrogen) atoms. The van der Waals surface area contributed by atoms with Gasteiger partial charge < -0.3 is 9.74 Å². The molecule has 3 rings (SSSR count). The molecule has 2 aromatic rings. The van der Waals surface area contributed by atoms with Crippen LogP contribution in [0.25, 0.3) is 0 Å². The number of oxime groups is 1. The van der Waals surface area contributed by atoms with Crippen LogP contribution in [0.5, 0.6) is 0 Å². The molecule has 0 saturated carbocycles. The molecule has 1 aliphatic rings. The number of carbonyl (C=O) groups excluding carboxylic acids is 1. The van der Waals surface area contributed by atoms with E-state index in [9.17, 15) is 9.18 Å². The molecule has 1 atom stereocenters. The van der Waals surface area contributed by atoms with Gasteiger partial charge in [0.15, 0.2) is 6.10 Å². The normalized spacial score (nSPS) is 16.4. The molecule has 0 radical (unpaired) electrons. The van der Waals surface area contributed by atoms with Gasteiger partial charge in [-0.1, -0.05) is 68.4 Å². The largest absolute Gasteiger partial charge is 0.390 e. The van der Waals surface area contributed by atoms with Crippen LogP contribution in [-0.4, -0.2) is 29.2 Å². The molecule has 0 saturated heterocycles. The topological polar surface area (TPSA) is 41.9 Å². The van der Waals surface area contributed by atoms with E-state index in [1.165, 1.54) is 12.1 Å². The van der Waals surface area contributed by atoms with Crippen LogP contribution in [0.1, 0.15) is 44.7 Å². The third-order valence-corrected chi connectivity index (χ3v) is 4.56. The van der Waals surface area contributed by atoms with E-state index in [0.717, 1.165) is 16.8 Å². The highest BCUT2D eigenvalue weighted by Crippen LogP contribution is 2.23. The van der Waals surface area contributed by atoms with Gasteiger partial charge in [0.05, 0.1) is 12.3 Å². The van der Waals surface area contributed by atoms with Gasteiger partial charge in [-0.3, -0.25) is 4.79 Å². The molecule has 0 N–H and O–H groups in total. The van der Waals surface area contributed by atoms with Gasteiger partial charge in [-0.25, -0.2) is 4.39 Å². The van der Waals surface area contributed by atoms with Crippen LogP contribution in [0.4, 0.5) is 4.39 Å². The Balaban J connectivity index is 1.69. The number of amides is 1. The Morgan fingerprint density at radius 3 is 2.61 bits per heavy atom. The van der Waals surface area contributed by atoms with Gasteiger partial charge in [0, 0.05) is 19.4 Å². The molecule has 0 fully saturated rings. The summed E-state index contributed by atoms with van der Waals surface area (Å²) in [6.07, 6.45) is 0.862. The molecular formula is C23H27FN2O2. The molecular weight excluding hydrogens is 355 g/mol. The summed E-state index contributed by atoms with van der Waals surface area (Å²) in [7, 11) is 0. The van der Waals surface area contributed by atoms with E-state index in [1.54, 1.807) is 11.0 Å². The predicted octanol–water partition coefficient (Wildman–Crippen LogP) is 4.78. The second-order valence-electron chi connectivity index (χ2n) is 8.48. The van der Waals surface area contributed by atoms with Crippen LogP contribution in [0.15, 0.2) is 59.8 Å². The van der Waals surface area contributed by atoms with Crippen LogP contribution in [0.2, 0.25) is 0 Å². The molecule has 1 heterocycles. The van der Waals surface area contributed by atoms with Crippen LogP contribution in [-0.2, 0) is 16.2 Å². The second-order valence-corrected chi connectivity index (χ2v) is 8.48. The smallest absolute Gasteiger partial charge is 0.223 e. The lowest BCUT2D eigenvalue weighted by atomic mass is 9.91. The monoisotopic (exact) mass is 382 g/mol. The highest BCUT2D eigenvalue weighted by Gasteiger charge is 2.28. The van der Waals surface area contributed by atoms with E-state index in [1.807, 2.05) is 57.2 Å². The zero-order chi connectivity index (χ0) is 20.1. The van der Waals surface area contributed by atoms with Crippen molar-refractivity contribution in [2.75, 3.05) is 6.54 Å². The maximum absolute atomic E-state index is 13.6. The van der Waals surface area contributed by atoms with E-state index in [2.05, 4.69) is 5.16 Å². The summed E-state index contributed by atoms with van der Waals surface area (Å²) in [5.74, 6) is -0.263. The van der Waals surface area contributed by atoms with Crippen molar-refractivity contribution >= 4 is 11.6 Å². The van der Waals surface area contributed by atoms with Gasteiger partial charge in [0.25, 0.3) is 0 Å². The van der Waals surface area contributed by atoms with E-state index >= 15 is 0 Å². The highest BCUT2D eigenvalue weighted by atomic mass is 19.1. The Kier molecular flexibility index (Phi) is 6.12. The molecule has 1 amide bonds. The summed E-state index contributed by atoms with van der Waals surface area (Å²) in [6, 6.07) is 16.3. The predicted molar refractivity (Wildman–Crippen MR) is 108 cm³/mol. The number of rotatable bonds is 6. The standard InChI is InChI=1S/C23H27FN2O2/c1-23(2,3)14-22(27)26(15-17-8-7-11-19(24)12-17)16-20-13-21(25-28-20)18-9-5-4-6-10-18/h4-12,20H,13-16H2,1-3H3. The quantitative estimate of drug-likeness (QED) is 0.721. The van der Waals surface area contributed by atoms with Gasteiger partial charge in [-0.15, -0.1) is 0 Å². The average Bonchev–Trinajstić information content (AvgIpc) is 3.09. The summed E-state index contributed by atoms with van der Waals surface area (Å²) in [4.78, 5) is 20.3. The van der Waals surface area contributed by atoms with Crippen LogP contribution in [0.3, 0.4) is 0 Å². The van der Waals surface area contributed by atoms with Gasteiger partial charge in [-0.05, 0) is 28.7 Å². The maximum atomic E-state index is 13.6. The van der Waals surface area contributed by atoms with Crippen molar-refractivity contribution in [3.05, 3.63) is 71.5 Å². The van der Waals surface area contributed by atoms with Crippen molar-refractivity contribution in [3.8, 4) is 0 Å². The first-order chi connectivity index (χ1) is 13.3. The van der Waals surface area contributed by atoms with E-state index in [0.29, 0.717) is 25.9 Å². The molecule has 0 spiro atoms. The molecule has 1 unspecified atom stereocenters. The lowest BCUT2D eigenvalue weighted by molar-refractivity contribution is -0.135. The van der Waals surface area contributed by atoms with E-state index in [-0.39, 0.29) is 23.2 Å². The molecule has 0 aliphatic carbocycles. The number of benzene rings is 2. The second kappa shape index (κ2) is 8.55. The Hall–Kier alpha value is -2.69. The first kappa shape index (κ1) is 20.1. The average molecular weight is 382 g/mol. The summed E-state index contributed by atoms with van der Waals surface area (Å²) in [6.45, 7) is 6.88. The zero-order valence-electron chi connectivity index (χ0n) is 16.7. The van der Waals surface area contributed by atoms with Gasteiger partial charge in [0.1, 0.15) is 5.82 Å². The summed E-state index contributed by atoms with van der Waals surface area (Å²) >= 11 is 0. The molecule has 148 valence electrons. The fourth-order valence-corrected chi connectivity index (χ4v) is 3.25. The third kappa shape index (κ3) is 5.65. The van der Waals surface area contributed by atoms with Crippen molar-refractivity contribution in [3.63, 3.8) is 0 Å². The van der Waals surface area contributed by atoms with Crippen molar-refractivity contribution in [1.29, 1.82) is 0 Å².